The molecular weight excluding hydrogens is 280 g/mol. The minimum atomic E-state index is -0.105. The van der Waals surface area contributed by atoms with Crippen LogP contribution in [0.4, 0.5) is 0 Å². The van der Waals surface area contributed by atoms with Gasteiger partial charge in [0.2, 0.25) is 5.91 Å². The summed E-state index contributed by atoms with van der Waals surface area (Å²) in [5.74, 6) is 0.0180. The van der Waals surface area contributed by atoms with Crippen molar-refractivity contribution in [1.29, 1.82) is 0 Å². The molecule has 1 heterocycles. The quantitative estimate of drug-likeness (QED) is 0.790. The number of piperidine rings is 1. The Labute approximate surface area is 132 Å². The Hall–Kier alpha value is -1.43. The molecule has 1 saturated heterocycles. The van der Waals surface area contributed by atoms with E-state index in [-0.39, 0.29) is 31.1 Å². The summed E-state index contributed by atoms with van der Waals surface area (Å²) in [5.41, 5.74) is 1.27. The van der Waals surface area contributed by atoms with Gasteiger partial charge in [0.05, 0.1) is 0 Å². The second-order valence-electron chi connectivity index (χ2n) is 5.76. The first-order chi connectivity index (χ1) is 10.7. The van der Waals surface area contributed by atoms with E-state index in [0.29, 0.717) is 6.61 Å². The zero-order valence-electron chi connectivity index (χ0n) is 13.2. The number of rotatable bonds is 7. The zero-order chi connectivity index (χ0) is 15.8. The summed E-state index contributed by atoms with van der Waals surface area (Å²) in [6.07, 6.45) is 0.892. The second-order valence-corrected chi connectivity index (χ2v) is 5.76. The Morgan fingerprint density at radius 1 is 1.41 bits per heavy atom. The summed E-state index contributed by atoms with van der Waals surface area (Å²) in [7, 11) is 0. The highest BCUT2D eigenvalue weighted by atomic mass is 16.5. The van der Waals surface area contributed by atoms with Gasteiger partial charge >= 0.3 is 0 Å². The van der Waals surface area contributed by atoms with E-state index in [1.807, 2.05) is 25.1 Å². The maximum absolute atomic E-state index is 11.9. The molecule has 0 aliphatic carbocycles. The molecule has 1 fully saturated rings. The van der Waals surface area contributed by atoms with Crippen LogP contribution in [-0.4, -0.2) is 54.9 Å². The van der Waals surface area contributed by atoms with Crippen LogP contribution in [-0.2, 0) is 16.1 Å². The lowest BCUT2D eigenvalue weighted by atomic mass is 9.92. The number of hydrogen-bond acceptors (Lipinski definition) is 4. The van der Waals surface area contributed by atoms with Crippen LogP contribution in [0.2, 0.25) is 0 Å². The van der Waals surface area contributed by atoms with Crippen LogP contribution < -0.4 is 5.32 Å². The van der Waals surface area contributed by atoms with Crippen molar-refractivity contribution < 1.29 is 14.6 Å². The monoisotopic (exact) mass is 306 g/mol. The lowest BCUT2D eigenvalue weighted by Gasteiger charge is -2.38. The van der Waals surface area contributed by atoms with E-state index in [1.165, 1.54) is 5.56 Å². The number of nitrogens with zero attached hydrogens (tertiary/aromatic N) is 1. The third-order valence-electron chi connectivity index (χ3n) is 4.11. The smallest absolute Gasteiger partial charge is 0.246 e. The van der Waals surface area contributed by atoms with Crippen LogP contribution in [0.25, 0.3) is 0 Å². The number of aliphatic hydroxyl groups excluding tert-OH is 1. The molecule has 1 aliphatic rings. The molecule has 1 aromatic rings. The van der Waals surface area contributed by atoms with Crippen LogP contribution in [0.1, 0.15) is 18.9 Å². The molecule has 22 heavy (non-hydrogen) atoms. The van der Waals surface area contributed by atoms with Gasteiger partial charge < -0.3 is 15.2 Å². The first kappa shape index (κ1) is 16.9. The Balaban J connectivity index is 1.90. The van der Waals surface area contributed by atoms with Crippen molar-refractivity contribution in [3.63, 3.8) is 0 Å². The minimum absolute atomic E-state index is 0.0181. The van der Waals surface area contributed by atoms with Crippen molar-refractivity contribution in [2.45, 2.75) is 25.9 Å². The van der Waals surface area contributed by atoms with Crippen LogP contribution in [0.15, 0.2) is 30.3 Å². The molecule has 0 radical (unpaired) electrons. The Kier molecular flexibility index (Phi) is 6.83. The van der Waals surface area contributed by atoms with E-state index < -0.39 is 0 Å². The Morgan fingerprint density at radius 3 is 2.86 bits per heavy atom. The summed E-state index contributed by atoms with van der Waals surface area (Å²) in [6.45, 7) is 5.17. The number of amides is 1. The SMILES string of the molecule is CCOCC(=O)NC1CN(Cc2ccccc2)CCC1CO. The van der Waals surface area contributed by atoms with Gasteiger partial charge in [-0.2, -0.15) is 0 Å². The van der Waals surface area contributed by atoms with Crippen molar-refractivity contribution >= 4 is 5.91 Å². The van der Waals surface area contributed by atoms with Crippen LogP contribution in [0, 0.1) is 5.92 Å². The van der Waals surface area contributed by atoms with E-state index in [0.717, 1.165) is 26.1 Å². The van der Waals surface area contributed by atoms with Gasteiger partial charge in [0, 0.05) is 38.3 Å². The summed E-state index contributed by atoms with van der Waals surface area (Å²) in [6, 6.07) is 10.3. The predicted octanol–water partition coefficient (Wildman–Crippen LogP) is 1.02. The average molecular weight is 306 g/mol. The van der Waals surface area contributed by atoms with Crippen molar-refractivity contribution in [3.05, 3.63) is 35.9 Å². The van der Waals surface area contributed by atoms with E-state index in [4.69, 9.17) is 4.74 Å². The van der Waals surface area contributed by atoms with Gasteiger partial charge in [-0.15, -0.1) is 0 Å². The molecule has 1 amide bonds. The number of likely N-dealkylation sites (tertiary alicyclic amines) is 1. The van der Waals surface area contributed by atoms with E-state index in [9.17, 15) is 9.90 Å². The van der Waals surface area contributed by atoms with Gasteiger partial charge in [-0.25, -0.2) is 0 Å². The number of benzene rings is 1. The van der Waals surface area contributed by atoms with Crippen molar-refractivity contribution in [2.24, 2.45) is 5.92 Å². The topological polar surface area (TPSA) is 61.8 Å². The lowest BCUT2D eigenvalue weighted by molar-refractivity contribution is -0.127. The lowest BCUT2D eigenvalue weighted by Crippen LogP contribution is -2.53. The fourth-order valence-corrected chi connectivity index (χ4v) is 2.88. The Morgan fingerprint density at radius 2 is 2.18 bits per heavy atom. The molecule has 2 atom stereocenters. The molecule has 2 N–H and O–H groups in total. The molecule has 5 nitrogen and oxygen atoms in total. The number of aliphatic hydroxyl groups is 1. The van der Waals surface area contributed by atoms with Gasteiger partial charge in [-0.05, 0) is 25.5 Å². The number of carbonyl (C=O) groups is 1. The molecule has 5 heteroatoms. The van der Waals surface area contributed by atoms with Crippen molar-refractivity contribution in [3.8, 4) is 0 Å². The van der Waals surface area contributed by atoms with Gasteiger partial charge in [0.15, 0.2) is 0 Å². The normalized spacial score (nSPS) is 22.5. The highest BCUT2D eigenvalue weighted by Gasteiger charge is 2.29. The summed E-state index contributed by atoms with van der Waals surface area (Å²) in [5, 5.41) is 12.5. The molecule has 0 aromatic heterocycles. The maximum atomic E-state index is 11.9. The summed E-state index contributed by atoms with van der Waals surface area (Å²) < 4.78 is 5.14. The van der Waals surface area contributed by atoms with Crippen molar-refractivity contribution in [2.75, 3.05) is 32.9 Å². The standard InChI is InChI=1S/C17H26N2O3/c1-2-22-13-17(21)18-16-11-19(9-8-15(16)12-20)10-14-6-4-3-5-7-14/h3-7,15-16,20H,2,8-13H2,1H3,(H,18,21). The van der Waals surface area contributed by atoms with E-state index >= 15 is 0 Å². The van der Waals surface area contributed by atoms with Crippen LogP contribution >= 0.6 is 0 Å². The molecule has 2 unspecified atom stereocenters. The first-order valence-electron chi connectivity index (χ1n) is 7.97. The largest absolute Gasteiger partial charge is 0.396 e. The number of nitrogens with one attached hydrogen (secondary N) is 1. The van der Waals surface area contributed by atoms with Crippen LogP contribution in [0.5, 0.6) is 0 Å². The van der Waals surface area contributed by atoms with E-state index in [1.54, 1.807) is 0 Å². The number of hydrogen-bond donors (Lipinski definition) is 2. The predicted molar refractivity (Wildman–Crippen MR) is 85.3 cm³/mol. The highest BCUT2D eigenvalue weighted by Crippen LogP contribution is 2.19. The first-order valence-corrected chi connectivity index (χ1v) is 7.97. The van der Waals surface area contributed by atoms with Gasteiger partial charge in [-0.1, -0.05) is 30.3 Å². The summed E-state index contributed by atoms with van der Waals surface area (Å²) >= 11 is 0. The van der Waals surface area contributed by atoms with Crippen LogP contribution in [0.3, 0.4) is 0 Å². The summed E-state index contributed by atoms with van der Waals surface area (Å²) in [4.78, 5) is 14.2. The van der Waals surface area contributed by atoms with Crippen molar-refractivity contribution in [1.82, 2.24) is 10.2 Å². The fourth-order valence-electron chi connectivity index (χ4n) is 2.88. The molecular formula is C17H26N2O3. The average Bonchev–Trinajstić information content (AvgIpc) is 2.54. The molecule has 0 spiro atoms. The zero-order valence-corrected chi connectivity index (χ0v) is 13.2. The Bertz CT molecular complexity index is 452. The third kappa shape index (κ3) is 5.09. The highest BCUT2D eigenvalue weighted by molar-refractivity contribution is 5.77. The molecule has 2 rings (SSSR count). The molecule has 0 saturated carbocycles. The minimum Gasteiger partial charge on any atom is -0.396 e. The molecule has 1 aromatic carbocycles. The maximum Gasteiger partial charge on any atom is 0.246 e. The fraction of sp³-hybridized carbons (Fsp3) is 0.588. The third-order valence-corrected chi connectivity index (χ3v) is 4.11. The second kappa shape index (κ2) is 8.88. The van der Waals surface area contributed by atoms with Gasteiger partial charge in [0.1, 0.15) is 6.61 Å². The van der Waals surface area contributed by atoms with E-state index in [2.05, 4.69) is 22.3 Å². The molecule has 122 valence electrons. The number of ether oxygens (including phenoxy) is 1. The molecule has 1 aliphatic heterocycles. The van der Waals surface area contributed by atoms with Gasteiger partial charge in [0.25, 0.3) is 0 Å². The number of carbonyl (C=O) groups excluding carboxylic acids is 1. The van der Waals surface area contributed by atoms with Gasteiger partial charge in [-0.3, -0.25) is 9.69 Å². The molecule has 0 bridgehead atoms.